The molecule has 0 bridgehead atoms. The molecule has 0 radical (unpaired) electrons. The smallest absolute Gasteiger partial charge is 0.272 e. The SMILES string of the molecule is C[C@H](NC(=O)c1nc(Cl)ccc1Cl)C(=O)N1CCCCC1. The summed E-state index contributed by atoms with van der Waals surface area (Å²) >= 11 is 11.7. The van der Waals surface area contributed by atoms with Crippen molar-refractivity contribution < 1.29 is 9.59 Å². The summed E-state index contributed by atoms with van der Waals surface area (Å²) in [7, 11) is 0. The van der Waals surface area contributed by atoms with Gasteiger partial charge in [-0.25, -0.2) is 4.98 Å². The third kappa shape index (κ3) is 4.08. The zero-order valence-electron chi connectivity index (χ0n) is 11.7. The number of hydrogen-bond acceptors (Lipinski definition) is 3. The Morgan fingerprint density at radius 2 is 1.90 bits per heavy atom. The van der Waals surface area contributed by atoms with E-state index in [-0.39, 0.29) is 21.8 Å². The van der Waals surface area contributed by atoms with Crippen molar-refractivity contribution in [1.82, 2.24) is 15.2 Å². The number of nitrogens with zero attached hydrogens (tertiary/aromatic N) is 2. The number of halogens is 2. The van der Waals surface area contributed by atoms with E-state index in [1.807, 2.05) is 0 Å². The zero-order valence-corrected chi connectivity index (χ0v) is 13.2. The Bertz CT molecular complexity index is 545. The predicted molar refractivity (Wildman–Crippen MR) is 81.6 cm³/mol. The Labute approximate surface area is 133 Å². The maximum atomic E-state index is 12.2. The summed E-state index contributed by atoms with van der Waals surface area (Å²) in [5.41, 5.74) is 0.0301. The van der Waals surface area contributed by atoms with Gasteiger partial charge in [-0.1, -0.05) is 23.2 Å². The molecule has 1 aliphatic heterocycles. The molecule has 1 aromatic heterocycles. The number of piperidine rings is 1. The third-order valence-corrected chi connectivity index (χ3v) is 3.93. The van der Waals surface area contributed by atoms with Crippen LogP contribution in [0.3, 0.4) is 0 Å². The summed E-state index contributed by atoms with van der Waals surface area (Å²) in [6, 6.07) is 2.39. The minimum atomic E-state index is -0.618. The Balaban J connectivity index is 2.01. The number of pyridine rings is 1. The van der Waals surface area contributed by atoms with E-state index in [1.54, 1.807) is 11.8 Å². The van der Waals surface area contributed by atoms with Gasteiger partial charge in [0.05, 0.1) is 5.02 Å². The van der Waals surface area contributed by atoms with Crippen LogP contribution in [0.15, 0.2) is 12.1 Å². The van der Waals surface area contributed by atoms with Gasteiger partial charge in [0.1, 0.15) is 16.9 Å². The van der Waals surface area contributed by atoms with Crippen molar-refractivity contribution in [3.63, 3.8) is 0 Å². The fourth-order valence-electron chi connectivity index (χ4n) is 2.29. The second kappa shape index (κ2) is 7.09. The molecule has 1 N–H and O–H groups in total. The van der Waals surface area contributed by atoms with Crippen molar-refractivity contribution in [1.29, 1.82) is 0 Å². The van der Waals surface area contributed by atoms with Gasteiger partial charge in [0.2, 0.25) is 5.91 Å². The topological polar surface area (TPSA) is 62.3 Å². The molecule has 0 aromatic carbocycles. The van der Waals surface area contributed by atoms with Crippen molar-refractivity contribution in [3.05, 3.63) is 28.0 Å². The molecular formula is C14H17Cl2N3O2. The molecule has 0 saturated carbocycles. The highest BCUT2D eigenvalue weighted by Crippen LogP contribution is 2.17. The van der Waals surface area contributed by atoms with Gasteiger partial charge in [-0.2, -0.15) is 0 Å². The first-order chi connectivity index (χ1) is 9.99. The Hall–Kier alpha value is -1.33. The Morgan fingerprint density at radius 3 is 2.57 bits per heavy atom. The molecule has 2 heterocycles. The van der Waals surface area contributed by atoms with Crippen LogP contribution in [0.2, 0.25) is 10.2 Å². The molecule has 1 atom stereocenters. The average molecular weight is 330 g/mol. The number of hydrogen-bond donors (Lipinski definition) is 1. The van der Waals surface area contributed by atoms with E-state index < -0.39 is 11.9 Å². The molecule has 1 aliphatic rings. The van der Waals surface area contributed by atoms with E-state index in [2.05, 4.69) is 10.3 Å². The van der Waals surface area contributed by atoms with Gasteiger partial charge in [0.25, 0.3) is 5.91 Å². The summed E-state index contributed by atoms with van der Waals surface area (Å²) in [6.07, 6.45) is 3.16. The number of nitrogens with one attached hydrogen (secondary N) is 1. The van der Waals surface area contributed by atoms with E-state index >= 15 is 0 Å². The third-order valence-electron chi connectivity index (χ3n) is 3.41. The van der Waals surface area contributed by atoms with Crippen LogP contribution in [-0.4, -0.2) is 40.8 Å². The standard InChI is InChI=1S/C14H17Cl2N3O2/c1-9(14(21)19-7-3-2-4-8-19)17-13(20)12-10(15)5-6-11(16)18-12/h5-6,9H,2-4,7-8H2,1H3,(H,17,20)/t9-/m0/s1. The second-order valence-corrected chi connectivity index (χ2v) is 5.84. The molecule has 0 unspecified atom stereocenters. The number of amides is 2. The predicted octanol–water partition coefficient (Wildman–Crippen LogP) is 2.52. The van der Waals surface area contributed by atoms with Crippen LogP contribution in [0.1, 0.15) is 36.7 Å². The molecule has 2 rings (SSSR count). The monoisotopic (exact) mass is 329 g/mol. The lowest BCUT2D eigenvalue weighted by atomic mass is 10.1. The maximum absolute atomic E-state index is 12.2. The minimum Gasteiger partial charge on any atom is -0.341 e. The van der Waals surface area contributed by atoms with Crippen LogP contribution in [0, 0.1) is 0 Å². The van der Waals surface area contributed by atoms with Crippen LogP contribution in [0.5, 0.6) is 0 Å². The zero-order chi connectivity index (χ0) is 15.4. The van der Waals surface area contributed by atoms with Gasteiger partial charge >= 0.3 is 0 Å². The molecule has 114 valence electrons. The number of aromatic nitrogens is 1. The lowest BCUT2D eigenvalue weighted by Crippen LogP contribution is -2.48. The highest BCUT2D eigenvalue weighted by atomic mass is 35.5. The number of carbonyl (C=O) groups excluding carboxylic acids is 2. The molecule has 1 fully saturated rings. The van der Waals surface area contributed by atoms with Crippen LogP contribution >= 0.6 is 23.2 Å². The molecule has 1 aromatic rings. The van der Waals surface area contributed by atoms with Gasteiger partial charge < -0.3 is 10.2 Å². The number of likely N-dealkylation sites (tertiary alicyclic amines) is 1. The quantitative estimate of drug-likeness (QED) is 0.866. The lowest BCUT2D eigenvalue weighted by Gasteiger charge is -2.29. The Kier molecular flexibility index (Phi) is 5.42. The first kappa shape index (κ1) is 16.0. The first-order valence-corrected chi connectivity index (χ1v) is 7.66. The highest BCUT2D eigenvalue weighted by molar-refractivity contribution is 6.34. The van der Waals surface area contributed by atoms with Crippen LogP contribution in [0.4, 0.5) is 0 Å². The Morgan fingerprint density at radius 1 is 1.24 bits per heavy atom. The summed E-state index contributed by atoms with van der Waals surface area (Å²) in [6.45, 7) is 3.15. The highest BCUT2D eigenvalue weighted by Gasteiger charge is 2.24. The van der Waals surface area contributed by atoms with Gasteiger partial charge in [0.15, 0.2) is 0 Å². The maximum Gasteiger partial charge on any atom is 0.272 e. The fraction of sp³-hybridized carbons (Fsp3) is 0.500. The van der Waals surface area contributed by atoms with Crippen molar-refractivity contribution >= 4 is 35.0 Å². The van der Waals surface area contributed by atoms with Gasteiger partial charge in [0, 0.05) is 13.1 Å². The number of rotatable bonds is 3. The van der Waals surface area contributed by atoms with Crippen molar-refractivity contribution in [2.24, 2.45) is 0 Å². The normalized spacial score (nSPS) is 16.4. The summed E-state index contributed by atoms with van der Waals surface area (Å²) < 4.78 is 0. The largest absolute Gasteiger partial charge is 0.341 e. The van der Waals surface area contributed by atoms with Crippen LogP contribution < -0.4 is 5.32 Å². The van der Waals surface area contributed by atoms with E-state index in [1.165, 1.54) is 12.1 Å². The van der Waals surface area contributed by atoms with Crippen molar-refractivity contribution in [2.45, 2.75) is 32.2 Å². The van der Waals surface area contributed by atoms with E-state index in [4.69, 9.17) is 23.2 Å². The van der Waals surface area contributed by atoms with Crippen molar-refractivity contribution in [3.8, 4) is 0 Å². The lowest BCUT2D eigenvalue weighted by molar-refractivity contribution is -0.133. The molecule has 2 amide bonds. The van der Waals surface area contributed by atoms with Crippen molar-refractivity contribution in [2.75, 3.05) is 13.1 Å². The molecule has 0 aliphatic carbocycles. The van der Waals surface area contributed by atoms with Gasteiger partial charge in [-0.15, -0.1) is 0 Å². The van der Waals surface area contributed by atoms with Crippen LogP contribution in [0.25, 0.3) is 0 Å². The molecule has 21 heavy (non-hydrogen) atoms. The molecule has 7 heteroatoms. The second-order valence-electron chi connectivity index (χ2n) is 5.05. The average Bonchev–Trinajstić information content (AvgIpc) is 2.49. The molecule has 0 spiro atoms. The van der Waals surface area contributed by atoms with E-state index in [0.29, 0.717) is 0 Å². The van der Waals surface area contributed by atoms with Gasteiger partial charge in [-0.05, 0) is 38.3 Å². The molecule has 1 saturated heterocycles. The minimum absolute atomic E-state index is 0.0301. The molecular weight excluding hydrogens is 313 g/mol. The van der Waals surface area contributed by atoms with E-state index in [0.717, 1.165) is 32.4 Å². The summed E-state index contributed by atoms with van der Waals surface area (Å²) in [5, 5.41) is 3.01. The fourth-order valence-corrected chi connectivity index (χ4v) is 2.63. The van der Waals surface area contributed by atoms with Crippen LogP contribution in [-0.2, 0) is 4.79 Å². The van der Waals surface area contributed by atoms with E-state index in [9.17, 15) is 9.59 Å². The summed E-state index contributed by atoms with van der Waals surface area (Å²) in [5.74, 6) is -0.582. The number of carbonyl (C=O) groups is 2. The van der Waals surface area contributed by atoms with Gasteiger partial charge in [-0.3, -0.25) is 9.59 Å². The first-order valence-electron chi connectivity index (χ1n) is 6.90. The molecule has 5 nitrogen and oxygen atoms in total. The summed E-state index contributed by atoms with van der Waals surface area (Å²) in [4.78, 5) is 30.0.